The van der Waals surface area contributed by atoms with E-state index in [0.717, 1.165) is 51.4 Å². The first-order chi connectivity index (χ1) is 30.5. The van der Waals surface area contributed by atoms with Gasteiger partial charge in [0.2, 0.25) is 5.91 Å². The van der Waals surface area contributed by atoms with Crippen LogP contribution in [0, 0.1) is 0 Å². The van der Waals surface area contributed by atoms with Gasteiger partial charge in [0.25, 0.3) is 0 Å². The fourth-order valence-electron chi connectivity index (χ4n) is 8.84. The molecule has 6 nitrogen and oxygen atoms in total. The van der Waals surface area contributed by atoms with Crippen molar-refractivity contribution in [1.82, 2.24) is 5.32 Å². The highest BCUT2D eigenvalue weighted by atomic mass is 16.5. The monoisotopic (exact) mass is 876 g/mol. The van der Waals surface area contributed by atoms with E-state index in [2.05, 4.69) is 38.2 Å². The van der Waals surface area contributed by atoms with Gasteiger partial charge in [0.05, 0.1) is 25.2 Å². The second-order valence-corrected chi connectivity index (χ2v) is 19.3. The predicted molar refractivity (Wildman–Crippen MR) is 269 cm³/mol. The van der Waals surface area contributed by atoms with Crippen molar-refractivity contribution in [3.8, 4) is 0 Å². The van der Waals surface area contributed by atoms with Crippen LogP contribution in [0.2, 0.25) is 0 Å². The SMILES string of the molecule is CCCCCCCCC/C=C\CCCCCC(=O)OC(CCCCCCCCCCCCCCCCC)CC(=O)NC(CO)C(O)CCCCCCCCCCCCCCCC. The molecule has 0 heterocycles. The molecular weight excluding hydrogens is 767 g/mol. The lowest BCUT2D eigenvalue weighted by Gasteiger charge is -2.24. The summed E-state index contributed by atoms with van der Waals surface area (Å²) in [6.07, 6.45) is 57.0. The zero-order chi connectivity index (χ0) is 45.2. The smallest absolute Gasteiger partial charge is 0.306 e. The largest absolute Gasteiger partial charge is 0.462 e. The number of amides is 1. The zero-order valence-corrected chi connectivity index (χ0v) is 42.0. The van der Waals surface area contributed by atoms with Crippen LogP contribution >= 0.6 is 0 Å². The number of ether oxygens (including phenoxy) is 1. The lowest BCUT2D eigenvalue weighted by Crippen LogP contribution is -2.46. The van der Waals surface area contributed by atoms with E-state index in [0.29, 0.717) is 19.3 Å². The first-order valence-electron chi connectivity index (χ1n) is 27.9. The number of hydrogen-bond acceptors (Lipinski definition) is 5. The average molecular weight is 876 g/mol. The van der Waals surface area contributed by atoms with Crippen LogP contribution in [0.5, 0.6) is 0 Å². The maximum atomic E-state index is 13.2. The summed E-state index contributed by atoms with van der Waals surface area (Å²) in [4.78, 5) is 26.2. The highest BCUT2D eigenvalue weighted by Crippen LogP contribution is 2.19. The Morgan fingerprint density at radius 3 is 1.15 bits per heavy atom. The van der Waals surface area contributed by atoms with Gasteiger partial charge in [0.15, 0.2) is 0 Å². The number of unbranched alkanes of at least 4 members (excludes halogenated alkanes) is 37. The van der Waals surface area contributed by atoms with E-state index in [1.54, 1.807) is 0 Å². The standard InChI is InChI=1S/C56H109NO5/c1-4-7-10-13-16-19-22-25-28-29-32-35-38-41-44-47-52(62-56(61)49-46-43-40-37-34-31-27-24-21-18-15-12-9-6-3)50-55(60)57-53(51-58)54(59)48-45-42-39-36-33-30-26-23-20-17-14-11-8-5-2/h31,34,52-54,58-59H,4-30,32-33,35-51H2,1-3H3,(H,57,60)/b34-31-. The molecule has 368 valence electrons. The van der Waals surface area contributed by atoms with Gasteiger partial charge in [-0.2, -0.15) is 0 Å². The third-order valence-corrected chi connectivity index (χ3v) is 13.1. The van der Waals surface area contributed by atoms with Crippen LogP contribution in [0.15, 0.2) is 12.2 Å². The zero-order valence-electron chi connectivity index (χ0n) is 42.0. The van der Waals surface area contributed by atoms with E-state index in [-0.39, 0.29) is 24.9 Å². The Morgan fingerprint density at radius 2 is 0.774 bits per heavy atom. The fourth-order valence-corrected chi connectivity index (χ4v) is 8.84. The number of rotatable bonds is 51. The van der Waals surface area contributed by atoms with Crippen LogP contribution in [0.3, 0.4) is 0 Å². The van der Waals surface area contributed by atoms with E-state index in [1.165, 1.54) is 212 Å². The number of carbonyl (C=O) groups is 2. The Labute approximate surface area is 387 Å². The first-order valence-corrected chi connectivity index (χ1v) is 27.9. The molecule has 1 amide bonds. The molecule has 0 rings (SSSR count). The van der Waals surface area contributed by atoms with Gasteiger partial charge in [-0.25, -0.2) is 0 Å². The Kier molecular flexibility index (Phi) is 49.5. The first kappa shape index (κ1) is 60.6. The quantitative estimate of drug-likeness (QED) is 0.0321. The van der Waals surface area contributed by atoms with E-state index in [1.807, 2.05) is 0 Å². The van der Waals surface area contributed by atoms with Crippen molar-refractivity contribution in [3.63, 3.8) is 0 Å². The predicted octanol–water partition coefficient (Wildman–Crippen LogP) is 16.9. The molecule has 0 saturated heterocycles. The second kappa shape index (κ2) is 50.6. The number of nitrogens with one attached hydrogen (secondary N) is 1. The summed E-state index contributed by atoms with van der Waals surface area (Å²) in [5.41, 5.74) is 0. The molecule has 0 aromatic heterocycles. The van der Waals surface area contributed by atoms with Crippen molar-refractivity contribution in [1.29, 1.82) is 0 Å². The topological polar surface area (TPSA) is 95.9 Å². The molecule has 62 heavy (non-hydrogen) atoms. The van der Waals surface area contributed by atoms with Gasteiger partial charge in [-0.05, 0) is 51.4 Å². The number of allylic oxidation sites excluding steroid dienone is 2. The average Bonchev–Trinajstić information content (AvgIpc) is 3.26. The maximum Gasteiger partial charge on any atom is 0.306 e. The minimum absolute atomic E-state index is 0.0793. The van der Waals surface area contributed by atoms with Crippen molar-refractivity contribution >= 4 is 11.9 Å². The Hall–Kier alpha value is -1.40. The van der Waals surface area contributed by atoms with Crippen LogP contribution < -0.4 is 5.32 Å². The molecule has 0 radical (unpaired) electrons. The van der Waals surface area contributed by atoms with Crippen molar-refractivity contribution in [2.24, 2.45) is 0 Å². The number of esters is 1. The van der Waals surface area contributed by atoms with E-state index in [9.17, 15) is 19.8 Å². The van der Waals surface area contributed by atoms with Gasteiger partial charge >= 0.3 is 5.97 Å². The molecule has 0 saturated carbocycles. The molecule has 0 aromatic rings. The molecular formula is C56H109NO5. The molecule has 0 aliphatic rings. The van der Waals surface area contributed by atoms with Gasteiger partial charge in [0, 0.05) is 6.42 Å². The minimum atomic E-state index is -0.784. The third-order valence-electron chi connectivity index (χ3n) is 13.1. The number of aliphatic hydroxyl groups excluding tert-OH is 2. The molecule has 6 heteroatoms. The molecule has 0 aliphatic carbocycles. The lowest BCUT2D eigenvalue weighted by atomic mass is 10.0. The summed E-state index contributed by atoms with van der Waals surface area (Å²) in [6.45, 7) is 6.51. The molecule has 3 unspecified atom stereocenters. The van der Waals surface area contributed by atoms with Crippen LogP contribution in [-0.4, -0.2) is 46.9 Å². The van der Waals surface area contributed by atoms with Crippen molar-refractivity contribution in [2.75, 3.05) is 6.61 Å². The number of aliphatic hydroxyl groups is 2. The highest BCUT2D eigenvalue weighted by molar-refractivity contribution is 5.77. The third kappa shape index (κ3) is 45.2. The van der Waals surface area contributed by atoms with Crippen molar-refractivity contribution < 1.29 is 24.5 Å². The lowest BCUT2D eigenvalue weighted by molar-refractivity contribution is -0.151. The molecule has 3 atom stereocenters. The van der Waals surface area contributed by atoms with Gasteiger partial charge < -0.3 is 20.3 Å². The van der Waals surface area contributed by atoms with E-state index in [4.69, 9.17) is 4.74 Å². The molecule has 0 aromatic carbocycles. The Morgan fingerprint density at radius 1 is 0.452 bits per heavy atom. The highest BCUT2D eigenvalue weighted by Gasteiger charge is 2.24. The van der Waals surface area contributed by atoms with E-state index >= 15 is 0 Å². The van der Waals surface area contributed by atoms with Gasteiger partial charge in [-0.3, -0.25) is 9.59 Å². The van der Waals surface area contributed by atoms with Gasteiger partial charge in [0.1, 0.15) is 6.10 Å². The van der Waals surface area contributed by atoms with Gasteiger partial charge in [-0.15, -0.1) is 0 Å². The van der Waals surface area contributed by atoms with Crippen LogP contribution in [-0.2, 0) is 14.3 Å². The van der Waals surface area contributed by atoms with Crippen molar-refractivity contribution in [3.05, 3.63) is 12.2 Å². The normalized spacial score (nSPS) is 13.2. The molecule has 0 spiro atoms. The van der Waals surface area contributed by atoms with Gasteiger partial charge in [-0.1, -0.05) is 258 Å². The summed E-state index contributed by atoms with van der Waals surface area (Å²) in [7, 11) is 0. The number of carbonyl (C=O) groups excluding carboxylic acids is 2. The van der Waals surface area contributed by atoms with Crippen LogP contribution in [0.4, 0.5) is 0 Å². The summed E-state index contributed by atoms with van der Waals surface area (Å²) >= 11 is 0. The Balaban J connectivity index is 4.54. The molecule has 0 aliphatic heterocycles. The Bertz CT molecular complexity index is 939. The summed E-state index contributed by atoms with van der Waals surface area (Å²) in [6, 6.07) is -0.698. The molecule has 3 N–H and O–H groups in total. The second-order valence-electron chi connectivity index (χ2n) is 19.3. The van der Waals surface area contributed by atoms with Crippen molar-refractivity contribution in [2.45, 2.75) is 328 Å². The van der Waals surface area contributed by atoms with Crippen LogP contribution in [0.25, 0.3) is 0 Å². The summed E-state index contributed by atoms with van der Waals surface area (Å²) in [5.74, 6) is -0.471. The van der Waals surface area contributed by atoms with E-state index < -0.39 is 18.2 Å². The maximum absolute atomic E-state index is 13.2. The fraction of sp³-hybridized carbons (Fsp3) is 0.929. The van der Waals surface area contributed by atoms with Crippen LogP contribution in [0.1, 0.15) is 310 Å². The summed E-state index contributed by atoms with van der Waals surface area (Å²) < 4.78 is 5.95. The molecule has 0 fully saturated rings. The molecule has 0 bridgehead atoms. The summed E-state index contributed by atoms with van der Waals surface area (Å²) in [5, 5.41) is 23.8. The minimum Gasteiger partial charge on any atom is -0.462 e. The number of hydrogen-bond donors (Lipinski definition) is 3.